The van der Waals surface area contributed by atoms with E-state index in [-0.39, 0.29) is 5.82 Å². The van der Waals surface area contributed by atoms with Crippen molar-refractivity contribution in [3.8, 4) is 11.3 Å². The molecule has 6 nitrogen and oxygen atoms in total. The molecule has 0 spiro atoms. The molecule has 2 N–H and O–H groups in total. The molecule has 1 aromatic carbocycles. The van der Waals surface area contributed by atoms with E-state index in [2.05, 4.69) is 30.3 Å². The van der Waals surface area contributed by atoms with Crippen molar-refractivity contribution in [3.63, 3.8) is 0 Å². The molecular formula is C18H21FN6. The van der Waals surface area contributed by atoms with Crippen molar-refractivity contribution in [1.29, 1.82) is 0 Å². The maximum Gasteiger partial charge on any atom is 0.133 e. The van der Waals surface area contributed by atoms with Gasteiger partial charge in [-0.3, -0.25) is 5.10 Å². The molecule has 3 aromatic rings. The molecule has 1 aliphatic heterocycles. The molecule has 0 unspecified atom stereocenters. The van der Waals surface area contributed by atoms with Gasteiger partial charge in [-0.15, -0.1) is 10.2 Å². The van der Waals surface area contributed by atoms with Crippen LogP contribution in [0.15, 0.2) is 30.5 Å². The molecule has 0 fully saturated rings. The summed E-state index contributed by atoms with van der Waals surface area (Å²) >= 11 is 0. The van der Waals surface area contributed by atoms with Crippen LogP contribution in [0.2, 0.25) is 0 Å². The summed E-state index contributed by atoms with van der Waals surface area (Å²) in [6, 6.07) is 6.47. The molecular weight excluding hydrogens is 319 g/mol. The Labute approximate surface area is 145 Å². The first-order valence-corrected chi connectivity index (χ1v) is 8.58. The van der Waals surface area contributed by atoms with Gasteiger partial charge in [-0.05, 0) is 50.1 Å². The molecule has 1 aliphatic rings. The maximum absolute atomic E-state index is 13.1. The lowest BCUT2D eigenvalue weighted by molar-refractivity contribution is 0.344. The number of hydrogen-bond acceptors (Lipinski definition) is 4. The van der Waals surface area contributed by atoms with Crippen LogP contribution in [0.4, 0.5) is 4.39 Å². The van der Waals surface area contributed by atoms with Crippen LogP contribution in [-0.2, 0) is 19.5 Å². The number of aryl methyl sites for hydroxylation is 2. The van der Waals surface area contributed by atoms with Gasteiger partial charge in [-0.2, -0.15) is 5.10 Å². The summed E-state index contributed by atoms with van der Waals surface area (Å²) < 4.78 is 15.3. The Bertz CT molecular complexity index is 851. The fourth-order valence-electron chi connectivity index (χ4n) is 3.42. The number of halogens is 1. The zero-order valence-electron chi connectivity index (χ0n) is 14.2. The predicted octanol–water partition coefficient (Wildman–Crippen LogP) is 2.47. The topological polar surface area (TPSA) is 71.4 Å². The second-order valence-electron chi connectivity index (χ2n) is 6.59. The number of rotatable bonds is 5. The SMILES string of the molecule is Cc1nnc2n1C[C@H](CNCc1cn[nH]c1-c1ccc(F)cc1)CC2. The van der Waals surface area contributed by atoms with E-state index in [9.17, 15) is 4.39 Å². The lowest BCUT2D eigenvalue weighted by Crippen LogP contribution is -2.30. The summed E-state index contributed by atoms with van der Waals surface area (Å²) in [5, 5.41) is 19.1. The van der Waals surface area contributed by atoms with E-state index in [0.717, 1.165) is 60.9 Å². The highest BCUT2D eigenvalue weighted by molar-refractivity contribution is 5.62. The second-order valence-corrected chi connectivity index (χ2v) is 6.59. The van der Waals surface area contributed by atoms with Crippen LogP contribution in [-0.4, -0.2) is 31.5 Å². The minimum atomic E-state index is -0.233. The van der Waals surface area contributed by atoms with Gasteiger partial charge in [-0.1, -0.05) is 0 Å². The second kappa shape index (κ2) is 6.76. The third-order valence-electron chi connectivity index (χ3n) is 4.83. The predicted molar refractivity (Wildman–Crippen MR) is 92.3 cm³/mol. The number of hydrogen-bond donors (Lipinski definition) is 2. The molecule has 0 aliphatic carbocycles. The van der Waals surface area contributed by atoms with Crippen molar-refractivity contribution in [1.82, 2.24) is 30.3 Å². The van der Waals surface area contributed by atoms with Crippen molar-refractivity contribution in [3.05, 3.63) is 53.5 Å². The third-order valence-corrected chi connectivity index (χ3v) is 4.83. The van der Waals surface area contributed by atoms with Gasteiger partial charge in [0.25, 0.3) is 0 Å². The van der Waals surface area contributed by atoms with Crippen LogP contribution in [0, 0.1) is 18.7 Å². The summed E-state index contributed by atoms with van der Waals surface area (Å²) in [5.41, 5.74) is 2.97. The smallest absolute Gasteiger partial charge is 0.133 e. The van der Waals surface area contributed by atoms with Crippen molar-refractivity contribution in [2.24, 2.45) is 5.92 Å². The number of H-pyrrole nitrogens is 1. The third kappa shape index (κ3) is 3.32. The zero-order valence-corrected chi connectivity index (χ0v) is 14.2. The normalized spacial score (nSPS) is 16.8. The van der Waals surface area contributed by atoms with Gasteiger partial charge >= 0.3 is 0 Å². The van der Waals surface area contributed by atoms with Crippen molar-refractivity contribution >= 4 is 0 Å². The van der Waals surface area contributed by atoms with Gasteiger partial charge in [0, 0.05) is 30.6 Å². The number of fused-ring (bicyclic) bond motifs is 1. The van der Waals surface area contributed by atoms with Crippen molar-refractivity contribution < 1.29 is 4.39 Å². The van der Waals surface area contributed by atoms with E-state index in [1.54, 1.807) is 12.1 Å². The first-order valence-electron chi connectivity index (χ1n) is 8.58. The summed E-state index contributed by atoms with van der Waals surface area (Å²) in [5.74, 6) is 2.43. The lowest BCUT2D eigenvalue weighted by Gasteiger charge is -2.24. The van der Waals surface area contributed by atoms with Gasteiger partial charge < -0.3 is 9.88 Å². The fourth-order valence-corrected chi connectivity index (χ4v) is 3.42. The molecule has 130 valence electrons. The zero-order chi connectivity index (χ0) is 17.2. The van der Waals surface area contributed by atoms with Crippen LogP contribution >= 0.6 is 0 Å². The highest BCUT2D eigenvalue weighted by atomic mass is 19.1. The molecule has 4 rings (SSSR count). The first kappa shape index (κ1) is 16.0. The molecule has 25 heavy (non-hydrogen) atoms. The average Bonchev–Trinajstić information content (AvgIpc) is 3.23. The van der Waals surface area contributed by atoms with Crippen LogP contribution in [0.5, 0.6) is 0 Å². The van der Waals surface area contributed by atoms with Gasteiger partial charge in [-0.25, -0.2) is 4.39 Å². The van der Waals surface area contributed by atoms with Crippen molar-refractivity contribution in [2.75, 3.05) is 6.54 Å². The quantitative estimate of drug-likeness (QED) is 0.748. The van der Waals surface area contributed by atoms with Gasteiger partial charge in [0.05, 0.1) is 11.9 Å². The van der Waals surface area contributed by atoms with E-state index in [1.165, 1.54) is 12.1 Å². The summed E-state index contributed by atoms with van der Waals surface area (Å²) in [7, 11) is 0. The van der Waals surface area contributed by atoms with E-state index < -0.39 is 0 Å². The van der Waals surface area contributed by atoms with Crippen LogP contribution in [0.3, 0.4) is 0 Å². The minimum absolute atomic E-state index is 0.233. The van der Waals surface area contributed by atoms with Crippen LogP contribution in [0.25, 0.3) is 11.3 Å². The van der Waals surface area contributed by atoms with Gasteiger partial charge in [0.15, 0.2) is 0 Å². The molecule has 1 atom stereocenters. The van der Waals surface area contributed by atoms with Crippen molar-refractivity contribution in [2.45, 2.75) is 32.9 Å². The van der Waals surface area contributed by atoms with E-state index >= 15 is 0 Å². The first-order chi connectivity index (χ1) is 12.2. The van der Waals surface area contributed by atoms with Crippen LogP contribution < -0.4 is 5.32 Å². The molecule has 0 saturated carbocycles. The summed E-state index contributed by atoms with van der Waals surface area (Å²) in [4.78, 5) is 0. The molecule has 0 saturated heterocycles. The van der Waals surface area contributed by atoms with E-state index in [0.29, 0.717) is 5.92 Å². The van der Waals surface area contributed by atoms with E-state index in [1.807, 2.05) is 13.1 Å². The highest BCUT2D eigenvalue weighted by Gasteiger charge is 2.21. The van der Waals surface area contributed by atoms with Gasteiger partial charge in [0.1, 0.15) is 17.5 Å². The number of aromatic amines is 1. The highest BCUT2D eigenvalue weighted by Crippen LogP contribution is 2.22. The molecule has 2 aromatic heterocycles. The fraction of sp³-hybridized carbons (Fsp3) is 0.389. The standard InChI is InChI=1S/C18H21FN6/c1-12-22-23-17-7-2-13(11-25(12)17)8-20-9-15-10-21-24-18(15)14-3-5-16(19)6-4-14/h3-6,10,13,20H,2,7-9,11H2,1H3,(H,21,24)/t13-/m0/s1. The average molecular weight is 340 g/mol. The molecule has 3 heterocycles. The minimum Gasteiger partial charge on any atom is -0.315 e. The summed E-state index contributed by atoms with van der Waals surface area (Å²) in [6.07, 6.45) is 3.94. The Morgan fingerprint density at radius 1 is 1.28 bits per heavy atom. The maximum atomic E-state index is 13.1. The number of nitrogens with one attached hydrogen (secondary N) is 2. The lowest BCUT2D eigenvalue weighted by atomic mass is 9.99. The molecule has 0 radical (unpaired) electrons. The number of nitrogens with zero attached hydrogens (tertiary/aromatic N) is 4. The Kier molecular flexibility index (Phi) is 4.31. The number of aromatic nitrogens is 5. The van der Waals surface area contributed by atoms with Gasteiger partial charge in [0.2, 0.25) is 0 Å². The Balaban J connectivity index is 1.36. The monoisotopic (exact) mass is 340 g/mol. The Morgan fingerprint density at radius 2 is 2.12 bits per heavy atom. The Hall–Kier alpha value is -2.54. The largest absolute Gasteiger partial charge is 0.315 e. The Morgan fingerprint density at radius 3 is 2.96 bits per heavy atom. The molecule has 0 bridgehead atoms. The molecule has 0 amide bonds. The number of benzene rings is 1. The van der Waals surface area contributed by atoms with Crippen LogP contribution in [0.1, 0.15) is 23.6 Å². The summed E-state index contributed by atoms with van der Waals surface area (Å²) in [6.45, 7) is 4.64. The van der Waals surface area contributed by atoms with E-state index in [4.69, 9.17) is 0 Å². The molecule has 7 heteroatoms.